The van der Waals surface area contributed by atoms with Gasteiger partial charge in [0, 0.05) is 24.7 Å². The maximum absolute atomic E-state index is 13.1. The summed E-state index contributed by atoms with van der Waals surface area (Å²) in [5, 5.41) is 21.8. The highest BCUT2D eigenvalue weighted by molar-refractivity contribution is 8.00. The van der Waals surface area contributed by atoms with Crippen molar-refractivity contribution < 1.29 is 14.1 Å². The second kappa shape index (κ2) is 8.58. The van der Waals surface area contributed by atoms with E-state index >= 15 is 0 Å². The van der Waals surface area contributed by atoms with E-state index in [0.717, 1.165) is 11.8 Å². The molecule has 1 amide bonds. The van der Waals surface area contributed by atoms with Crippen molar-refractivity contribution in [3.8, 4) is 11.4 Å². The van der Waals surface area contributed by atoms with E-state index in [2.05, 4.69) is 15.5 Å². The van der Waals surface area contributed by atoms with E-state index < -0.39 is 16.1 Å². The Morgan fingerprint density at radius 2 is 1.97 bits per heavy atom. The van der Waals surface area contributed by atoms with Gasteiger partial charge in [0.15, 0.2) is 11.0 Å². The van der Waals surface area contributed by atoms with Crippen molar-refractivity contribution in [2.45, 2.75) is 17.3 Å². The first kappa shape index (κ1) is 20.7. The van der Waals surface area contributed by atoms with E-state index in [-0.39, 0.29) is 22.2 Å². The molecule has 8 nitrogen and oxygen atoms in total. The van der Waals surface area contributed by atoms with Gasteiger partial charge in [0.2, 0.25) is 5.91 Å². The molecule has 0 fully saturated rings. The van der Waals surface area contributed by atoms with Gasteiger partial charge in [-0.15, -0.1) is 10.2 Å². The number of hydrogen-bond donors (Lipinski definition) is 1. The molecule has 0 unspecified atom stereocenters. The lowest BCUT2D eigenvalue weighted by molar-refractivity contribution is -0.384. The quantitative estimate of drug-likeness (QED) is 0.351. The van der Waals surface area contributed by atoms with Crippen LogP contribution in [0.2, 0.25) is 5.02 Å². The third-order valence-corrected chi connectivity index (χ3v) is 5.47. The number of nitrogens with one attached hydrogen (secondary N) is 1. The predicted molar refractivity (Wildman–Crippen MR) is 108 cm³/mol. The van der Waals surface area contributed by atoms with Gasteiger partial charge >= 0.3 is 0 Å². The number of amides is 1. The molecule has 29 heavy (non-hydrogen) atoms. The molecule has 3 aromatic rings. The molecule has 1 aromatic heterocycles. The molecule has 0 aliphatic rings. The van der Waals surface area contributed by atoms with Crippen LogP contribution in [0.3, 0.4) is 0 Å². The second-order valence-electron chi connectivity index (χ2n) is 6.04. The van der Waals surface area contributed by atoms with E-state index in [0.29, 0.717) is 16.5 Å². The Labute approximate surface area is 174 Å². The Morgan fingerprint density at radius 1 is 1.28 bits per heavy atom. The summed E-state index contributed by atoms with van der Waals surface area (Å²) >= 11 is 7.18. The van der Waals surface area contributed by atoms with E-state index in [1.165, 1.54) is 30.3 Å². The number of aromatic nitrogens is 3. The number of thioether (sulfide) groups is 1. The van der Waals surface area contributed by atoms with Crippen molar-refractivity contribution in [2.75, 3.05) is 5.32 Å². The minimum absolute atomic E-state index is 0.156. The number of hydrogen-bond acceptors (Lipinski definition) is 6. The summed E-state index contributed by atoms with van der Waals surface area (Å²) in [6, 6.07) is 9.65. The van der Waals surface area contributed by atoms with Crippen LogP contribution in [0.5, 0.6) is 0 Å². The van der Waals surface area contributed by atoms with Gasteiger partial charge in [0.25, 0.3) is 5.69 Å². The molecule has 3 rings (SSSR count). The second-order valence-corrected chi connectivity index (χ2v) is 7.76. The van der Waals surface area contributed by atoms with Gasteiger partial charge in [-0.25, -0.2) is 4.39 Å². The zero-order valence-corrected chi connectivity index (χ0v) is 16.9. The molecule has 2 aromatic carbocycles. The van der Waals surface area contributed by atoms with Crippen molar-refractivity contribution in [1.82, 2.24) is 14.8 Å². The maximum Gasteiger partial charge on any atom is 0.271 e. The summed E-state index contributed by atoms with van der Waals surface area (Å²) in [4.78, 5) is 22.9. The number of carbonyl (C=O) groups is 1. The van der Waals surface area contributed by atoms with Crippen molar-refractivity contribution >= 4 is 40.6 Å². The monoisotopic (exact) mass is 435 g/mol. The van der Waals surface area contributed by atoms with Crippen LogP contribution in [-0.4, -0.2) is 30.8 Å². The zero-order chi connectivity index (χ0) is 21.1. The number of halogens is 2. The lowest BCUT2D eigenvalue weighted by atomic mass is 10.2. The predicted octanol–water partition coefficient (Wildman–Crippen LogP) is 4.30. The Morgan fingerprint density at radius 3 is 2.62 bits per heavy atom. The largest absolute Gasteiger partial charge is 0.324 e. The van der Waals surface area contributed by atoms with Gasteiger partial charge in [-0.1, -0.05) is 23.4 Å². The number of nitro benzene ring substituents is 1. The minimum Gasteiger partial charge on any atom is -0.324 e. The highest BCUT2D eigenvalue weighted by Gasteiger charge is 2.21. The van der Waals surface area contributed by atoms with Crippen LogP contribution >= 0.6 is 23.4 Å². The molecule has 0 bridgehead atoms. The number of nitrogens with zero attached hydrogens (tertiary/aromatic N) is 4. The Balaban J connectivity index is 1.73. The molecule has 0 aliphatic carbocycles. The molecule has 150 valence electrons. The lowest BCUT2D eigenvalue weighted by Crippen LogP contribution is -2.23. The zero-order valence-electron chi connectivity index (χ0n) is 15.3. The van der Waals surface area contributed by atoms with Crippen LogP contribution in [-0.2, 0) is 11.8 Å². The number of benzene rings is 2. The van der Waals surface area contributed by atoms with Gasteiger partial charge < -0.3 is 9.88 Å². The summed E-state index contributed by atoms with van der Waals surface area (Å²) in [7, 11) is 1.74. The molecule has 11 heteroatoms. The first-order valence-electron chi connectivity index (χ1n) is 8.33. The van der Waals surface area contributed by atoms with Crippen molar-refractivity contribution in [2.24, 2.45) is 7.05 Å². The van der Waals surface area contributed by atoms with Gasteiger partial charge in [0.05, 0.1) is 20.9 Å². The summed E-state index contributed by atoms with van der Waals surface area (Å²) in [5.41, 5.74) is 0.666. The third-order valence-electron chi connectivity index (χ3n) is 4.01. The standard InChI is InChI=1S/C18H15ClFN5O3S/c1-10(17(26)21-15-9-13(25(27)28)7-8-14(15)19)29-18-23-22-16(24(18)2)11-3-5-12(20)6-4-11/h3-10H,1-2H3,(H,21,26)/t10-/m1/s1. The topological polar surface area (TPSA) is 103 Å². The number of nitro groups is 1. The summed E-state index contributed by atoms with van der Waals surface area (Å²) < 4.78 is 14.8. The van der Waals surface area contributed by atoms with Crippen molar-refractivity contribution in [3.05, 3.63) is 63.4 Å². The molecule has 1 atom stereocenters. The molecule has 0 aliphatic heterocycles. The van der Waals surface area contributed by atoms with E-state index in [4.69, 9.17) is 11.6 Å². The average molecular weight is 436 g/mol. The van der Waals surface area contributed by atoms with Crippen LogP contribution in [0.4, 0.5) is 15.8 Å². The minimum atomic E-state index is -0.589. The fourth-order valence-corrected chi connectivity index (χ4v) is 3.42. The van der Waals surface area contributed by atoms with Gasteiger partial charge in [-0.3, -0.25) is 14.9 Å². The first-order chi connectivity index (χ1) is 13.8. The van der Waals surface area contributed by atoms with Crippen molar-refractivity contribution in [3.63, 3.8) is 0 Å². The number of rotatable bonds is 6. The molecule has 0 spiro atoms. The molecular weight excluding hydrogens is 421 g/mol. The molecule has 1 heterocycles. The normalized spacial score (nSPS) is 11.9. The molecule has 1 N–H and O–H groups in total. The van der Waals surface area contributed by atoms with E-state index in [1.54, 1.807) is 30.7 Å². The maximum atomic E-state index is 13.1. The fraction of sp³-hybridized carbons (Fsp3) is 0.167. The Hall–Kier alpha value is -2.98. The lowest BCUT2D eigenvalue weighted by Gasteiger charge is -2.12. The summed E-state index contributed by atoms with van der Waals surface area (Å²) in [6.07, 6.45) is 0. The fourth-order valence-electron chi connectivity index (χ4n) is 2.44. The highest BCUT2D eigenvalue weighted by atomic mass is 35.5. The van der Waals surface area contributed by atoms with Gasteiger partial charge in [0.1, 0.15) is 5.82 Å². The number of non-ortho nitro benzene ring substituents is 1. The first-order valence-corrected chi connectivity index (χ1v) is 9.59. The average Bonchev–Trinajstić information content (AvgIpc) is 3.04. The van der Waals surface area contributed by atoms with Crippen LogP contribution in [0.25, 0.3) is 11.4 Å². The van der Waals surface area contributed by atoms with Crippen LogP contribution in [0.15, 0.2) is 47.6 Å². The highest BCUT2D eigenvalue weighted by Crippen LogP contribution is 2.29. The Kier molecular flexibility index (Phi) is 6.14. The number of carbonyl (C=O) groups excluding carboxylic acids is 1. The van der Waals surface area contributed by atoms with Gasteiger partial charge in [-0.2, -0.15) is 0 Å². The molecule has 0 saturated heterocycles. The third kappa shape index (κ3) is 4.72. The van der Waals surface area contributed by atoms with Crippen LogP contribution < -0.4 is 5.32 Å². The molecule has 0 radical (unpaired) electrons. The number of anilines is 1. The van der Waals surface area contributed by atoms with Crippen LogP contribution in [0.1, 0.15) is 6.92 Å². The molecule has 0 saturated carbocycles. The molecular formula is C18H15ClFN5O3S. The Bertz CT molecular complexity index is 1070. The smallest absolute Gasteiger partial charge is 0.271 e. The SMILES string of the molecule is C[C@@H](Sc1nnc(-c2ccc(F)cc2)n1C)C(=O)Nc1cc([N+](=O)[O-])ccc1Cl. The summed E-state index contributed by atoms with van der Waals surface area (Å²) in [5.74, 6) is -0.221. The summed E-state index contributed by atoms with van der Waals surface area (Å²) in [6.45, 7) is 1.66. The van der Waals surface area contributed by atoms with Gasteiger partial charge in [-0.05, 0) is 37.3 Å². The van der Waals surface area contributed by atoms with Crippen LogP contribution in [0, 0.1) is 15.9 Å². The van der Waals surface area contributed by atoms with Crippen molar-refractivity contribution in [1.29, 1.82) is 0 Å². The van der Waals surface area contributed by atoms with E-state index in [1.807, 2.05) is 0 Å². The van der Waals surface area contributed by atoms with E-state index in [9.17, 15) is 19.3 Å².